The first-order valence-corrected chi connectivity index (χ1v) is 8.64. The summed E-state index contributed by atoms with van der Waals surface area (Å²) in [6, 6.07) is 4.25. The van der Waals surface area contributed by atoms with Gasteiger partial charge in [-0.05, 0) is 37.9 Å². The molecule has 1 amide bonds. The molecule has 3 aliphatic rings. The lowest BCUT2D eigenvalue weighted by molar-refractivity contribution is -0.117. The van der Waals surface area contributed by atoms with E-state index in [1.54, 1.807) is 4.90 Å². The summed E-state index contributed by atoms with van der Waals surface area (Å²) in [5.41, 5.74) is 0.403. The van der Waals surface area contributed by atoms with Crippen LogP contribution in [0.1, 0.15) is 25.7 Å². The summed E-state index contributed by atoms with van der Waals surface area (Å²) in [5, 5.41) is 0. The number of amides is 1. The summed E-state index contributed by atoms with van der Waals surface area (Å²) in [6.07, 6.45) is 3.58. The van der Waals surface area contributed by atoms with Crippen LogP contribution in [-0.4, -0.2) is 49.7 Å². The lowest BCUT2D eigenvalue weighted by Gasteiger charge is -2.32. The molecule has 24 heavy (non-hydrogen) atoms. The predicted octanol–water partition coefficient (Wildman–Crippen LogP) is 2.57. The Kier molecular flexibility index (Phi) is 4.04. The van der Waals surface area contributed by atoms with Gasteiger partial charge in [0.2, 0.25) is 5.91 Å². The Morgan fingerprint density at radius 2 is 1.92 bits per heavy atom. The number of hydrogen-bond donors (Lipinski definition) is 0. The van der Waals surface area contributed by atoms with E-state index in [1.807, 2.05) is 0 Å². The van der Waals surface area contributed by atoms with Crippen molar-refractivity contribution in [2.24, 2.45) is 5.41 Å². The average molecular weight is 336 g/mol. The van der Waals surface area contributed by atoms with Crippen molar-refractivity contribution in [2.45, 2.75) is 31.7 Å². The summed E-state index contributed by atoms with van der Waals surface area (Å²) in [6.45, 7) is 4.13. The fourth-order valence-corrected chi connectivity index (χ4v) is 4.39. The number of ether oxygens (including phenoxy) is 1. The third-order valence-corrected chi connectivity index (χ3v) is 5.71. The highest BCUT2D eigenvalue weighted by Crippen LogP contribution is 2.43. The highest BCUT2D eigenvalue weighted by atomic mass is 19.2. The number of likely N-dealkylation sites (tertiary alicyclic amines) is 1. The Morgan fingerprint density at radius 3 is 2.67 bits per heavy atom. The van der Waals surface area contributed by atoms with Gasteiger partial charge in [-0.25, -0.2) is 8.78 Å². The molecule has 0 unspecified atom stereocenters. The van der Waals surface area contributed by atoms with Crippen LogP contribution in [0, 0.1) is 17.0 Å². The fraction of sp³-hybridized carbons (Fsp3) is 0.611. The van der Waals surface area contributed by atoms with Crippen LogP contribution < -0.4 is 4.90 Å². The van der Waals surface area contributed by atoms with E-state index < -0.39 is 11.6 Å². The topological polar surface area (TPSA) is 32.8 Å². The average Bonchev–Trinajstić information content (AvgIpc) is 3.14. The van der Waals surface area contributed by atoms with Crippen molar-refractivity contribution in [3.05, 3.63) is 29.8 Å². The molecule has 4 nitrogen and oxygen atoms in total. The van der Waals surface area contributed by atoms with E-state index in [0.717, 1.165) is 57.7 Å². The van der Waals surface area contributed by atoms with Crippen LogP contribution in [0.4, 0.5) is 14.5 Å². The molecule has 3 saturated heterocycles. The molecule has 130 valence electrons. The second-order valence-electron chi connectivity index (χ2n) is 7.32. The van der Waals surface area contributed by atoms with E-state index >= 15 is 0 Å². The first-order valence-electron chi connectivity index (χ1n) is 8.64. The van der Waals surface area contributed by atoms with Crippen molar-refractivity contribution < 1.29 is 18.3 Å². The summed E-state index contributed by atoms with van der Waals surface area (Å²) >= 11 is 0. The Balaban J connectivity index is 1.48. The zero-order valence-corrected chi connectivity index (χ0v) is 13.6. The molecule has 0 saturated carbocycles. The van der Waals surface area contributed by atoms with Crippen molar-refractivity contribution in [1.82, 2.24) is 4.90 Å². The number of anilines is 1. The van der Waals surface area contributed by atoms with Crippen LogP contribution in [0.15, 0.2) is 18.2 Å². The Hall–Kier alpha value is -1.53. The van der Waals surface area contributed by atoms with Gasteiger partial charge < -0.3 is 9.64 Å². The highest BCUT2D eigenvalue weighted by molar-refractivity contribution is 5.96. The lowest BCUT2D eigenvalue weighted by atomic mass is 9.86. The summed E-state index contributed by atoms with van der Waals surface area (Å²) in [7, 11) is 0. The molecule has 3 fully saturated rings. The first kappa shape index (κ1) is 16.0. The monoisotopic (exact) mass is 336 g/mol. The number of carbonyl (C=O) groups is 1. The van der Waals surface area contributed by atoms with Crippen LogP contribution in [0.5, 0.6) is 0 Å². The lowest BCUT2D eigenvalue weighted by Crippen LogP contribution is -2.40. The van der Waals surface area contributed by atoms with E-state index in [4.69, 9.17) is 4.74 Å². The van der Waals surface area contributed by atoms with Crippen LogP contribution in [0.3, 0.4) is 0 Å². The number of nitrogens with zero attached hydrogens (tertiary/aromatic N) is 2. The van der Waals surface area contributed by atoms with Crippen molar-refractivity contribution in [2.75, 3.05) is 37.7 Å². The summed E-state index contributed by atoms with van der Waals surface area (Å²) in [5.74, 6) is -1.78. The zero-order chi connectivity index (χ0) is 16.7. The third-order valence-electron chi connectivity index (χ3n) is 5.71. The molecule has 0 aromatic heterocycles. The molecule has 1 spiro atoms. The number of hydrogen-bond acceptors (Lipinski definition) is 3. The van der Waals surface area contributed by atoms with Gasteiger partial charge in [-0.2, -0.15) is 0 Å². The molecule has 0 radical (unpaired) electrons. The van der Waals surface area contributed by atoms with Gasteiger partial charge in [-0.1, -0.05) is 0 Å². The van der Waals surface area contributed by atoms with Crippen LogP contribution in [-0.2, 0) is 9.53 Å². The Bertz CT molecular complexity index is 648. The normalized spacial score (nSPS) is 29.1. The van der Waals surface area contributed by atoms with Gasteiger partial charge in [0, 0.05) is 55.9 Å². The Labute approximate surface area is 140 Å². The SMILES string of the molecule is O=C1C[C@@]2(CCN(C3CCOCC3)C2)CN1c1ccc(F)c(F)c1. The van der Waals surface area contributed by atoms with Crippen molar-refractivity contribution >= 4 is 11.6 Å². The minimum absolute atomic E-state index is 0.00911. The molecule has 1 aromatic carbocycles. The number of rotatable bonds is 2. The molecule has 1 atom stereocenters. The molecule has 4 rings (SSSR count). The standard InChI is InChI=1S/C18H22F2N2O2/c19-15-2-1-14(9-16(15)20)22-12-18(10-17(22)23)5-6-21(11-18)13-3-7-24-8-4-13/h1-2,9,13H,3-8,10-12H2/t18-/m1/s1. The van der Waals surface area contributed by atoms with Gasteiger partial charge in [0.25, 0.3) is 0 Å². The molecule has 1 aromatic rings. The molecule has 3 aliphatic heterocycles. The largest absolute Gasteiger partial charge is 0.381 e. The van der Waals surface area contributed by atoms with Crippen LogP contribution in [0.2, 0.25) is 0 Å². The van der Waals surface area contributed by atoms with Gasteiger partial charge in [0.1, 0.15) is 0 Å². The number of carbonyl (C=O) groups excluding carboxylic acids is 1. The van der Waals surface area contributed by atoms with Gasteiger partial charge in [0.05, 0.1) is 0 Å². The van der Waals surface area contributed by atoms with Gasteiger partial charge in [-0.3, -0.25) is 9.69 Å². The van der Waals surface area contributed by atoms with Gasteiger partial charge >= 0.3 is 0 Å². The molecule has 6 heteroatoms. The second kappa shape index (κ2) is 6.08. The van der Waals surface area contributed by atoms with Crippen molar-refractivity contribution in [3.8, 4) is 0 Å². The fourth-order valence-electron chi connectivity index (χ4n) is 4.39. The molecular formula is C18H22F2N2O2. The van der Waals surface area contributed by atoms with Gasteiger partial charge in [0.15, 0.2) is 11.6 Å². The molecule has 0 N–H and O–H groups in total. The molecule has 3 heterocycles. The third kappa shape index (κ3) is 2.82. The second-order valence-corrected chi connectivity index (χ2v) is 7.32. The maximum atomic E-state index is 13.5. The molecule has 0 aliphatic carbocycles. The zero-order valence-electron chi connectivity index (χ0n) is 13.6. The van der Waals surface area contributed by atoms with E-state index in [-0.39, 0.29) is 11.3 Å². The van der Waals surface area contributed by atoms with Gasteiger partial charge in [-0.15, -0.1) is 0 Å². The summed E-state index contributed by atoms with van der Waals surface area (Å²) < 4.78 is 32.1. The first-order chi connectivity index (χ1) is 11.6. The van der Waals surface area contributed by atoms with Crippen LogP contribution >= 0.6 is 0 Å². The van der Waals surface area contributed by atoms with E-state index in [9.17, 15) is 13.6 Å². The van der Waals surface area contributed by atoms with E-state index in [0.29, 0.717) is 24.7 Å². The number of benzene rings is 1. The minimum Gasteiger partial charge on any atom is -0.381 e. The minimum atomic E-state index is -0.906. The smallest absolute Gasteiger partial charge is 0.227 e. The maximum absolute atomic E-state index is 13.5. The number of halogens is 2. The van der Waals surface area contributed by atoms with Crippen molar-refractivity contribution in [1.29, 1.82) is 0 Å². The summed E-state index contributed by atoms with van der Waals surface area (Å²) in [4.78, 5) is 16.6. The van der Waals surface area contributed by atoms with E-state index in [2.05, 4.69) is 4.90 Å². The predicted molar refractivity (Wildman–Crippen MR) is 85.8 cm³/mol. The van der Waals surface area contributed by atoms with Crippen LogP contribution in [0.25, 0.3) is 0 Å². The molecular weight excluding hydrogens is 314 g/mol. The molecule has 0 bridgehead atoms. The Morgan fingerprint density at radius 1 is 1.12 bits per heavy atom. The quantitative estimate of drug-likeness (QED) is 0.832. The van der Waals surface area contributed by atoms with E-state index in [1.165, 1.54) is 6.07 Å². The van der Waals surface area contributed by atoms with Crippen molar-refractivity contribution in [3.63, 3.8) is 0 Å². The highest BCUT2D eigenvalue weighted by Gasteiger charge is 2.48. The maximum Gasteiger partial charge on any atom is 0.227 e.